The fraction of sp³-hybridized carbons (Fsp3) is 0.517. The summed E-state index contributed by atoms with van der Waals surface area (Å²) in [7, 11) is -8.24. The van der Waals surface area contributed by atoms with Crippen molar-refractivity contribution < 1.29 is 103 Å². The van der Waals surface area contributed by atoms with Gasteiger partial charge < -0.3 is 69.4 Å². The molecule has 0 aliphatic carbocycles. The van der Waals surface area contributed by atoms with Crippen LogP contribution in [-0.4, -0.2) is 286 Å². The second-order valence-corrected chi connectivity index (χ2v) is 39.5. The molecule has 8 heterocycles. The summed E-state index contributed by atoms with van der Waals surface area (Å²) in [6.45, 7) is 16.5. The zero-order chi connectivity index (χ0) is 92.7. The molecule has 4 atom stereocenters. The number of carbonyl (C=O) groups is 8. The maximum atomic E-state index is 14.0. The number of aromatic nitrogens is 8. The summed E-state index contributed by atoms with van der Waals surface area (Å²) in [5, 5.41) is 31.8. The summed E-state index contributed by atoms with van der Waals surface area (Å²) in [6, 6.07) is 23.2. The molecule has 10 rings (SSSR count). The molecule has 6 aromatic heterocycles. The lowest BCUT2D eigenvalue weighted by molar-refractivity contribution is -0.144. The van der Waals surface area contributed by atoms with E-state index >= 15 is 0 Å². The molecule has 0 radical (unpaired) electrons. The zero-order valence-electron chi connectivity index (χ0n) is 73.1. The van der Waals surface area contributed by atoms with Gasteiger partial charge in [-0.15, -0.1) is 23.5 Å². The number of carbonyl (C=O) groups excluding carboxylic acids is 6. The van der Waals surface area contributed by atoms with Gasteiger partial charge in [0, 0.05) is 117 Å². The second-order valence-electron chi connectivity index (χ2n) is 32.5. The first kappa shape index (κ1) is 101. The van der Waals surface area contributed by atoms with Gasteiger partial charge in [0.2, 0.25) is 43.7 Å². The average molecular weight is 1870 g/mol. The molecule has 2 fully saturated rings. The third-order valence-corrected chi connectivity index (χ3v) is 27.8. The topological polar surface area (TPSA) is 479 Å². The average Bonchev–Trinajstić information content (AvgIpc) is 1.61. The first-order valence-electron chi connectivity index (χ1n) is 42.4. The van der Waals surface area contributed by atoms with Gasteiger partial charge in [0.15, 0.2) is 22.9 Å². The van der Waals surface area contributed by atoms with Crippen LogP contribution in [0.25, 0.3) is 33.7 Å². The number of Topliss-reactive ketones (excluding diaryl/α,β-unsaturated/α-hetero) is 2. The van der Waals surface area contributed by atoms with Crippen molar-refractivity contribution in [1.82, 2.24) is 68.1 Å². The van der Waals surface area contributed by atoms with Crippen molar-refractivity contribution in [2.24, 2.45) is 17.3 Å². The van der Waals surface area contributed by atoms with Crippen molar-refractivity contribution in [2.45, 2.75) is 137 Å². The lowest BCUT2D eigenvalue weighted by atomic mass is 9.88. The molecule has 38 nitrogen and oxygen atoms in total. The number of ether oxygens (including phenoxy) is 8. The third-order valence-electron chi connectivity index (χ3n) is 21.2. The second kappa shape index (κ2) is 48.7. The van der Waals surface area contributed by atoms with Crippen LogP contribution in [0, 0.1) is 17.3 Å². The zero-order valence-corrected chi connectivity index (χ0v) is 76.4. The van der Waals surface area contributed by atoms with Crippen LogP contribution >= 0.6 is 23.5 Å². The van der Waals surface area contributed by atoms with Gasteiger partial charge in [-0.1, -0.05) is 38.1 Å². The summed E-state index contributed by atoms with van der Waals surface area (Å²) in [6.07, 6.45) is 8.90. The first-order chi connectivity index (χ1) is 61.8. The first-order valence-corrected chi connectivity index (χ1v) is 47.3. The number of nitrogens with one attached hydrogen (secondary N) is 4. The summed E-state index contributed by atoms with van der Waals surface area (Å²) in [4.78, 5) is 149. The van der Waals surface area contributed by atoms with Gasteiger partial charge in [-0.25, -0.2) is 45.5 Å². The van der Waals surface area contributed by atoms with E-state index in [0.29, 0.717) is 112 Å². The van der Waals surface area contributed by atoms with E-state index < -0.39 is 113 Å². The molecule has 4 amide bonds. The number of rotatable bonds is 58. The van der Waals surface area contributed by atoms with E-state index in [9.17, 15) is 75.0 Å². The number of sulfonamides is 2. The highest BCUT2D eigenvalue weighted by Gasteiger charge is 2.53. The third kappa shape index (κ3) is 29.0. The largest absolute Gasteiger partial charge is 0.481 e. The molecule has 0 saturated carbocycles. The Labute approximate surface area is 756 Å². The van der Waals surface area contributed by atoms with Crippen molar-refractivity contribution in [3.05, 3.63) is 166 Å². The molecule has 2 saturated heterocycles. The van der Waals surface area contributed by atoms with E-state index in [1.54, 1.807) is 100 Å². The molecule has 2 aromatic carbocycles. The molecule has 8 aromatic rings. The highest BCUT2D eigenvalue weighted by molar-refractivity contribution is 8.02. The molecule has 700 valence electrons. The molecule has 2 unspecified atom stereocenters. The number of nitrogens with zero attached hydrogens (tertiary/aromatic N) is 10. The van der Waals surface area contributed by atoms with Gasteiger partial charge in [-0.2, -0.15) is 8.61 Å². The molecule has 129 heavy (non-hydrogen) atoms. The van der Waals surface area contributed by atoms with E-state index in [0.717, 1.165) is 8.61 Å². The Balaban J connectivity index is 0.487. The Hall–Kier alpha value is -10.1. The Morgan fingerprint density at radius 2 is 0.806 bits per heavy atom. The van der Waals surface area contributed by atoms with Crippen LogP contribution in [0.3, 0.4) is 0 Å². The number of hydrogen-bond donors (Lipinski definition) is 6. The standard InChI is InChI=1S/C87H114N14O24S4/c1-85(2,57-124-47-45-118-35-11-31-90-73(104)25-37-120-41-43-122-39-33-92-75(106)55-96-69-15-9-29-94-79(69)100(83(96)112)65-21-17-61(18-22-65)49-63(81(108)109)51-71(102)77-86(3,4)126-59-98(77)128(114,115)67-13-7-27-88-53-67)58-125-48-46-119-36-12-32-91-74(105)26-38-121-42-44-123-40-34-93-76(107)56-97-70-16-10-30-95-80(70)101(84(97)113)66-23-19-62(20-24-66)50-64(82(110)111)52-72(103)78-87(5,6)127-60-99(78)129(116,117)68-14-8-28-89-54-68/h7-10,13-24,27-30,53-54,63-64,77-78H,11-12,25-26,31-52,55-60H2,1-6H3,(H,90,104)(H,91,105)(H,92,106)(H,93,107)(H,108,109)(H,110,111)/t63-,64-,77?,78?/m1/s1. The van der Waals surface area contributed by atoms with E-state index in [1.165, 1.54) is 103 Å². The number of pyridine rings is 4. The van der Waals surface area contributed by atoms with Crippen molar-refractivity contribution >= 4 is 113 Å². The number of imidazole rings is 2. The summed E-state index contributed by atoms with van der Waals surface area (Å²) in [5.41, 5.74) is 1.94. The van der Waals surface area contributed by atoms with Gasteiger partial charge in [0.25, 0.3) is 0 Å². The smallest absolute Gasteiger partial charge is 0.335 e. The van der Waals surface area contributed by atoms with E-state index in [1.807, 2.05) is 13.8 Å². The van der Waals surface area contributed by atoms with Crippen molar-refractivity contribution in [2.75, 3.05) is 144 Å². The highest BCUT2D eigenvalue weighted by Crippen LogP contribution is 2.45. The number of ketones is 2. The quantitative estimate of drug-likeness (QED) is 0.0277. The van der Waals surface area contributed by atoms with Crippen molar-refractivity contribution in [3.8, 4) is 11.4 Å². The Morgan fingerprint density at radius 3 is 1.17 bits per heavy atom. The maximum Gasteiger partial charge on any atom is 0.335 e. The molecular formula is C87H114N14O24S4. The van der Waals surface area contributed by atoms with Gasteiger partial charge in [0.05, 0.1) is 151 Å². The SMILES string of the molecule is CC(C)(COCCOCCCNC(=O)CCOCCOCCNC(=O)Cn1c(=O)n(-c2ccc(C[C@H](CC(=O)C3N(S(=O)(=O)c4cccnc4)CSC3(C)C)C(=O)O)cc2)c2ncccc21)COCCOCCCNC(=O)CCOCCOCCNC(=O)Cn1c(=O)n(-c2ccc(C[C@H](CC(=O)C3N(S(=O)(=O)c4cccnc4)CSC3(C)C)C(=O)O)cc2)c2ncccc21. The minimum atomic E-state index is -4.12. The number of fused-ring (bicyclic) bond motifs is 2. The molecule has 42 heteroatoms. The molecule has 2 aliphatic heterocycles. The highest BCUT2D eigenvalue weighted by atomic mass is 32.2. The number of hydrogen-bond acceptors (Lipinski definition) is 28. The maximum absolute atomic E-state index is 14.0. The van der Waals surface area contributed by atoms with Crippen LogP contribution in [0.5, 0.6) is 0 Å². The lowest BCUT2D eigenvalue weighted by Gasteiger charge is -2.30. The number of thioether (sulfide) groups is 2. The van der Waals surface area contributed by atoms with Crippen LogP contribution < -0.4 is 32.6 Å². The van der Waals surface area contributed by atoms with Crippen molar-refractivity contribution in [1.29, 1.82) is 0 Å². The van der Waals surface area contributed by atoms with Crippen LogP contribution in [0.15, 0.2) is 154 Å². The molecule has 0 bridgehead atoms. The fourth-order valence-corrected chi connectivity index (χ4v) is 20.9. The normalized spacial score (nSPS) is 15.8. The monoisotopic (exact) mass is 1870 g/mol. The number of carboxylic acids is 2. The summed E-state index contributed by atoms with van der Waals surface area (Å²) in [5.74, 6) is -7.08. The van der Waals surface area contributed by atoms with Gasteiger partial charge in [0.1, 0.15) is 22.9 Å². The van der Waals surface area contributed by atoms with Crippen LogP contribution in [0.1, 0.15) is 91.2 Å². The number of benzene rings is 2. The van der Waals surface area contributed by atoms with Gasteiger partial charge in [-0.05, 0) is 137 Å². The minimum absolute atomic E-state index is 0.00948. The molecule has 2 aliphatic rings. The Kier molecular flexibility index (Phi) is 38.2. The van der Waals surface area contributed by atoms with E-state index in [-0.39, 0.29) is 155 Å². The minimum Gasteiger partial charge on any atom is -0.481 e. The molecular weight excluding hydrogens is 1750 g/mol. The van der Waals surface area contributed by atoms with Gasteiger partial charge in [-0.3, -0.25) is 57.5 Å². The van der Waals surface area contributed by atoms with Crippen LogP contribution in [0.4, 0.5) is 0 Å². The summed E-state index contributed by atoms with van der Waals surface area (Å²) >= 11 is 2.58. The predicted octanol–water partition coefficient (Wildman–Crippen LogP) is 4.85. The van der Waals surface area contributed by atoms with Crippen LogP contribution in [-0.2, 0) is 122 Å². The summed E-state index contributed by atoms with van der Waals surface area (Å²) < 4.78 is 106. The number of aliphatic carboxylic acids is 2. The van der Waals surface area contributed by atoms with Crippen molar-refractivity contribution in [3.63, 3.8) is 0 Å². The van der Waals surface area contributed by atoms with E-state index in [4.69, 9.17) is 37.9 Å². The number of carboxylic acid groups (broad SMARTS) is 2. The fourth-order valence-electron chi connectivity index (χ4n) is 14.6. The lowest BCUT2D eigenvalue weighted by Crippen LogP contribution is -2.49. The Morgan fingerprint density at radius 1 is 0.457 bits per heavy atom. The Bertz CT molecular complexity index is 5120. The van der Waals surface area contributed by atoms with E-state index in [2.05, 4.69) is 41.2 Å². The molecule has 0 spiro atoms. The predicted molar refractivity (Wildman–Crippen MR) is 478 cm³/mol. The molecule has 6 N–H and O–H groups in total. The number of amides is 4. The van der Waals surface area contributed by atoms with Crippen LogP contribution in [0.2, 0.25) is 0 Å². The van der Waals surface area contributed by atoms with Gasteiger partial charge >= 0.3 is 23.3 Å².